The highest BCUT2D eigenvalue weighted by molar-refractivity contribution is 5.79. The van der Waals surface area contributed by atoms with Crippen LogP contribution in [0.3, 0.4) is 0 Å². The summed E-state index contributed by atoms with van der Waals surface area (Å²) >= 11 is 0. The predicted molar refractivity (Wildman–Crippen MR) is 106 cm³/mol. The zero-order chi connectivity index (χ0) is 20.4. The third-order valence-electron chi connectivity index (χ3n) is 5.85. The van der Waals surface area contributed by atoms with Gasteiger partial charge in [-0.1, -0.05) is 12.1 Å². The van der Waals surface area contributed by atoms with E-state index in [2.05, 4.69) is 14.8 Å². The fourth-order valence-corrected chi connectivity index (χ4v) is 4.32. The Morgan fingerprint density at radius 1 is 1.17 bits per heavy atom. The Balaban J connectivity index is 1.45. The predicted octanol–water partition coefficient (Wildman–Crippen LogP) is 1.60. The lowest BCUT2D eigenvalue weighted by Crippen LogP contribution is -2.35. The molecule has 1 aromatic heterocycles. The number of ether oxygens (including phenoxy) is 1. The third-order valence-corrected chi connectivity index (χ3v) is 5.85. The van der Waals surface area contributed by atoms with Crippen LogP contribution in [0.1, 0.15) is 43.0 Å². The molecule has 8 nitrogen and oxygen atoms in total. The molecule has 1 saturated heterocycles. The molecule has 0 aliphatic carbocycles. The lowest BCUT2D eigenvalue weighted by atomic mass is 10.1. The van der Waals surface area contributed by atoms with Crippen LogP contribution in [-0.4, -0.2) is 63.1 Å². The van der Waals surface area contributed by atoms with Gasteiger partial charge in [0.2, 0.25) is 11.8 Å². The van der Waals surface area contributed by atoms with Gasteiger partial charge < -0.3 is 19.1 Å². The first-order valence-corrected chi connectivity index (χ1v) is 10.2. The van der Waals surface area contributed by atoms with E-state index in [1.54, 1.807) is 14.0 Å². The Bertz CT molecular complexity index is 909. The van der Waals surface area contributed by atoms with Crippen molar-refractivity contribution in [1.82, 2.24) is 24.6 Å². The summed E-state index contributed by atoms with van der Waals surface area (Å²) in [6.45, 7) is 4.28. The number of carbonyl (C=O) groups is 2. The number of fused-ring (bicyclic) bond motifs is 1. The first kappa shape index (κ1) is 19.4. The second-order valence-electron chi connectivity index (χ2n) is 7.66. The van der Waals surface area contributed by atoms with Crippen LogP contribution >= 0.6 is 0 Å². The van der Waals surface area contributed by atoms with Crippen LogP contribution in [0.4, 0.5) is 0 Å². The van der Waals surface area contributed by atoms with E-state index in [1.165, 1.54) is 0 Å². The van der Waals surface area contributed by atoms with Gasteiger partial charge >= 0.3 is 0 Å². The summed E-state index contributed by atoms with van der Waals surface area (Å²) in [5.74, 6) is 2.69. The molecule has 1 fully saturated rings. The molecule has 3 heterocycles. The van der Waals surface area contributed by atoms with E-state index in [1.807, 2.05) is 34.1 Å². The minimum Gasteiger partial charge on any atom is -0.497 e. The smallest absolute Gasteiger partial charge is 0.227 e. The Morgan fingerprint density at radius 3 is 2.83 bits per heavy atom. The minimum absolute atomic E-state index is 0.00668. The molecule has 0 bridgehead atoms. The zero-order valence-electron chi connectivity index (χ0n) is 17.0. The highest BCUT2D eigenvalue weighted by Crippen LogP contribution is 2.31. The summed E-state index contributed by atoms with van der Waals surface area (Å²) < 4.78 is 7.37. The van der Waals surface area contributed by atoms with Gasteiger partial charge in [0.25, 0.3) is 0 Å². The summed E-state index contributed by atoms with van der Waals surface area (Å²) in [5.41, 5.74) is 0.946. The third kappa shape index (κ3) is 3.97. The van der Waals surface area contributed by atoms with E-state index in [-0.39, 0.29) is 17.9 Å². The van der Waals surface area contributed by atoms with Crippen molar-refractivity contribution in [2.24, 2.45) is 0 Å². The van der Waals surface area contributed by atoms with Crippen LogP contribution in [0, 0.1) is 0 Å². The summed E-state index contributed by atoms with van der Waals surface area (Å²) in [4.78, 5) is 28.6. The van der Waals surface area contributed by atoms with Gasteiger partial charge in [-0.15, -0.1) is 10.2 Å². The zero-order valence-corrected chi connectivity index (χ0v) is 17.0. The molecule has 0 spiro atoms. The van der Waals surface area contributed by atoms with Gasteiger partial charge in [-0.05, 0) is 30.5 Å². The lowest BCUT2D eigenvalue weighted by Gasteiger charge is -2.24. The van der Waals surface area contributed by atoms with Crippen molar-refractivity contribution in [2.45, 2.75) is 45.2 Å². The molecule has 8 heteroatoms. The summed E-state index contributed by atoms with van der Waals surface area (Å²) in [6.07, 6.45) is 2.92. The number of hydrogen-bond donors (Lipinski definition) is 0. The van der Waals surface area contributed by atoms with E-state index in [4.69, 9.17) is 4.74 Å². The van der Waals surface area contributed by atoms with Gasteiger partial charge in [-0.25, -0.2) is 0 Å². The summed E-state index contributed by atoms with van der Waals surface area (Å²) in [7, 11) is 1.63. The van der Waals surface area contributed by atoms with E-state index in [0.29, 0.717) is 32.5 Å². The van der Waals surface area contributed by atoms with Crippen LogP contribution in [-0.2, 0) is 29.0 Å². The molecule has 2 amide bonds. The van der Waals surface area contributed by atoms with Gasteiger partial charge in [-0.3, -0.25) is 9.59 Å². The maximum atomic E-state index is 12.9. The Labute approximate surface area is 170 Å². The maximum absolute atomic E-state index is 12.9. The highest BCUT2D eigenvalue weighted by Gasteiger charge is 2.33. The fourth-order valence-electron chi connectivity index (χ4n) is 4.32. The van der Waals surface area contributed by atoms with Gasteiger partial charge in [0.1, 0.15) is 11.6 Å². The molecule has 154 valence electrons. The topological polar surface area (TPSA) is 80.6 Å². The van der Waals surface area contributed by atoms with Crippen molar-refractivity contribution in [1.29, 1.82) is 0 Å². The van der Waals surface area contributed by atoms with Gasteiger partial charge in [0, 0.05) is 39.5 Å². The first-order chi connectivity index (χ1) is 14.1. The summed E-state index contributed by atoms with van der Waals surface area (Å²) in [6, 6.07) is 7.62. The summed E-state index contributed by atoms with van der Waals surface area (Å²) in [5, 5.41) is 8.79. The van der Waals surface area contributed by atoms with Crippen molar-refractivity contribution >= 4 is 11.8 Å². The standard InChI is InChI=1S/C21H27N5O3/c1-15(27)25-9-4-7-18(25)21-23-22-19-8-10-24(11-12-26(19)21)20(28)14-16-5-3-6-17(13-16)29-2/h3,5-6,13,18H,4,7-12,14H2,1-2H3/t18-/m1/s1. The Kier molecular flexibility index (Phi) is 5.51. The normalized spacial score (nSPS) is 19.0. The number of likely N-dealkylation sites (tertiary alicyclic amines) is 1. The molecule has 2 aliphatic rings. The number of methoxy groups -OCH3 is 1. The quantitative estimate of drug-likeness (QED) is 0.783. The lowest BCUT2D eigenvalue weighted by molar-refractivity contribution is -0.130. The number of carbonyl (C=O) groups excluding carboxylic acids is 2. The molecular formula is C21H27N5O3. The van der Waals surface area contributed by atoms with E-state index in [9.17, 15) is 9.59 Å². The molecule has 1 atom stereocenters. The minimum atomic E-state index is -0.00668. The van der Waals surface area contributed by atoms with Crippen molar-refractivity contribution < 1.29 is 14.3 Å². The first-order valence-electron chi connectivity index (χ1n) is 10.2. The molecule has 0 radical (unpaired) electrons. The van der Waals surface area contributed by atoms with Crippen molar-refractivity contribution in [3.05, 3.63) is 41.5 Å². The number of amides is 2. The second kappa shape index (κ2) is 8.23. The second-order valence-corrected chi connectivity index (χ2v) is 7.66. The molecular weight excluding hydrogens is 370 g/mol. The van der Waals surface area contributed by atoms with E-state index >= 15 is 0 Å². The number of hydrogen-bond acceptors (Lipinski definition) is 5. The number of aromatic nitrogens is 3. The van der Waals surface area contributed by atoms with Crippen molar-refractivity contribution in [3.63, 3.8) is 0 Å². The highest BCUT2D eigenvalue weighted by atomic mass is 16.5. The monoisotopic (exact) mass is 397 g/mol. The fraction of sp³-hybridized carbons (Fsp3) is 0.524. The molecule has 1 aromatic carbocycles. The molecule has 2 aliphatic heterocycles. The average Bonchev–Trinajstić information content (AvgIpc) is 3.30. The van der Waals surface area contributed by atoms with Crippen LogP contribution in [0.2, 0.25) is 0 Å². The molecule has 4 rings (SSSR count). The largest absolute Gasteiger partial charge is 0.497 e. The van der Waals surface area contributed by atoms with Gasteiger partial charge in [0.05, 0.1) is 19.6 Å². The van der Waals surface area contributed by atoms with Crippen LogP contribution < -0.4 is 4.74 Å². The molecule has 29 heavy (non-hydrogen) atoms. The molecule has 0 N–H and O–H groups in total. The van der Waals surface area contributed by atoms with E-state index in [0.717, 1.165) is 42.3 Å². The van der Waals surface area contributed by atoms with Gasteiger partial charge in [-0.2, -0.15) is 0 Å². The maximum Gasteiger partial charge on any atom is 0.227 e. The SMILES string of the molecule is COc1cccc(CC(=O)N2CCc3nnc([C@H]4CCCN4C(C)=O)n3CC2)c1. The number of nitrogens with zero attached hydrogens (tertiary/aromatic N) is 5. The Hall–Kier alpha value is -2.90. The van der Waals surface area contributed by atoms with Crippen molar-refractivity contribution in [3.8, 4) is 5.75 Å². The van der Waals surface area contributed by atoms with Crippen LogP contribution in [0.5, 0.6) is 5.75 Å². The van der Waals surface area contributed by atoms with Gasteiger partial charge in [0.15, 0.2) is 5.82 Å². The number of rotatable bonds is 4. The molecule has 0 unspecified atom stereocenters. The van der Waals surface area contributed by atoms with Crippen molar-refractivity contribution in [2.75, 3.05) is 26.7 Å². The van der Waals surface area contributed by atoms with Crippen LogP contribution in [0.25, 0.3) is 0 Å². The Morgan fingerprint density at radius 2 is 2.03 bits per heavy atom. The van der Waals surface area contributed by atoms with E-state index < -0.39 is 0 Å². The number of benzene rings is 1. The van der Waals surface area contributed by atoms with Crippen LogP contribution in [0.15, 0.2) is 24.3 Å². The molecule has 0 saturated carbocycles. The molecule has 2 aromatic rings. The average molecular weight is 397 g/mol.